The van der Waals surface area contributed by atoms with Crippen LogP contribution in [0.5, 0.6) is 0 Å². The highest BCUT2D eigenvalue weighted by Gasteiger charge is 2.18. The molecule has 6 nitrogen and oxygen atoms in total. The molecule has 0 unspecified atom stereocenters. The van der Waals surface area contributed by atoms with E-state index in [0.29, 0.717) is 10.6 Å². The molecule has 0 aliphatic rings. The van der Waals surface area contributed by atoms with Crippen LogP contribution in [0.3, 0.4) is 0 Å². The van der Waals surface area contributed by atoms with Crippen molar-refractivity contribution in [2.45, 2.75) is 26.2 Å². The molecule has 1 heterocycles. The number of hydrogen-bond donors (Lipinski definition) is 1. The Morgan fingerprint density at radius 2 is 2.18 bits per heavy atom. The molecular formula is C10H15N3O3S. The van der Waals surface area contributed by atoms with E-state index in [9.17, 15) is 9.59 Å². The van der Waals surface area contributed by atoms with Crippen LogP contribution < -0.4 is 5.32 Å². The number of amides is 1. The zero-order valence-electron chi connectivity index (χ0n) is 10.0. The highest BCUT2D eigenvalue weighted by atomic mass is 32.1. The topological polar surface area (TPSA) is 81.2 Å². The van der Waals surface area contributed by atoms with Gasteiger partial charge in [-0.1, -0.05) is 18.3 Å². The van der Waals surface area contributed by atoms with Crippen molar-refractivity contribution in [3.05, 3.63) is 10.6 Å². The van der Waals surface area contributed by atoms with E-state index < -0.39 is 0 Å². The summed E-state index contributed by atoms with van der Waals surface area (Å²) in [5, 5.41) is 6.55. The Morgan fingerprint density at radius 3 is 2.76 bits per heavy atom. The SMILES string of the molecule is COC(=O)CCNC(=O)c1snnc1C(C)C. The van der Waals surface area contributed by atoms with Crippen molar-refractivity contribution in [1.29, 1.82) is 0 Å². The van der Waals surface area contributed by atoms with Crippen molar-refractivity contribution >= 4 is 23.4 Å². The molecule has 94 valence electrons. The van der Waals surface area contributed by atoms with Crippen molar-refractivity contribution in [3.63, 3.8) is 0 Å². The molecule has 0 aromatic carbocycles. The smallest absolute Gasteiger partial charge is 0.307 e. The predicted molar refractivity (Wildman–Crippen MR) is 63.0 cm³/mol. The molecule has 0 fully saturated rings. The lowest BCUT2D eigenvalue weighted by Gasteiger charge is -2.05. The average Bonchev–Trinajstić information content (AvgIpc) is 2.77. The Labute approximate surface area is 104 Å². The highest BCUT2D eigenvalue weighted by Crippen LogP contribution is 2.19. The van der Waals surface area contributed by atoms with Gasteiger partial charge in [-0.25, -0.2) is 0 Å². The van der Waals surface area contributed by atoms with Crippen LogP contribution in [0.1, 0.15) is 41.6 Å². The van der Waals surface area contributed by atoms with Gasteiger partial charge in [-0.2, -0.15) is 0 Å². The number of rotatable bonds is 5. The van der Waals surface area contributed by atoms with Crippen LogP contribution in [-0.2, 0) is 9.53 Å². The summed E-state index contributed by atoms with van der Waals surface area (Å²) in [6.07, 6.45) is 0.158. The number of esters is 1. The van der Waals surface area contributed by atoms with Crippen LogP contribution in [0.25, 0.3) is 0 Å². The summed E-state index contributed by atoms with van der Waals surface area (Å²) < 4.78 is 8.24. The van der Waals surface area contributed by atoms with E-state index in [1.165, 1.54) is 7.11 Å². The van der Waals surface area contributed by atoms with Crippen LogP contribution in [0, 0.1) is 0 Å². The molecule has 1 N–H and O–H groups in total. The van der Waals surface area contributed by atoms with Gasteiger partial charge in [-0.05, 0) is 17.5 Å². The molecule has 0 aliphatic heterocycles. The summed E-state index contributed by atoms with van der Waals surface area (Å²) in [6, 6.07) is 0. The maximum Gasteiger partial charge on any atom is 0.307 e. The number of aromatic nitrogens is 2. The van der Waals surface area contributed by atoms with Gasteiger partial charge in [0, 0.05) is 6.54 Å². The number of carbonyl (C=O) groups excluding carboxylic acids is 2. The van der Waals surface area contributed by atoms with Crippen LogP contribution in [0.4, 0.5) is 0 Å². The summed E-state index contributed by atoms with van der Waals surface area (Å²) in [5.41, 5.74) is 0.686. The van der Waals surface area contributed by atoms with E-state index >= 15 is 0 Å². The number of ether oxygens (including phenoxy) is 1. The third-order valence-corrected chi connectivity index (χ3v) is 2.85. The van der Waals surface area contributed by atoms with Crippen LogP contribution >= 0.6 is 11.5 Å². The second-order valence-electron chi connectivity index (χ2n) is 3.72. The summed E-state index contributed by atoms with van der Waals surface area (Å²) in [4.78, 5) is 23.1. The number of hydrogen-bond acceptors (Lipinski definition) is 6. The first-order chi connectivity index (χ1) is 8.06. The second kappa shape index (κ2) is 6.29. The quantitative estimate of drug-likeness (QED) is 0.794. The minimum atomic E-state index is -0.350. The first-order valence-corrected chi connectivity index (χ1v) is 6.00. The minimum Gasteiger partial charge on any atom is -0.469 e. The molecule has 0 atom stereocenters. The molecule has 1 rings (SSSR count). The number of methoxy groups -OCH3 is 1. The summed E-state index contributed by atoms with van der Waals surface area (Å²) in [5.74, 6) is -0.445. The third kappa shape index (κ3) is 3.77. The van der Waals surface area contributed by atoms with Gasteiger partial charge in [0.15, 0.2) is 0 Å². The van der Waals surface area contributed by atoms with Crippen molar-refractivity contribution in [3.8, 4) is 0 Å². The lowest BCUT2D eigenvalue weighted by Crippen LogP contribution is -2.26. The van der Waals surface area contributed by atoms with Crippen molar-refractivity contribution in [2.75, 3.05) is 13.7 Å². The van der Waals surface area contributed by atoms with Gasteiger partial charge in [0.2, 0.25) is 0 Å². The Morgan fingerprint density at radius 1 is 1.47 bits per heavy atom. The van der Waals surface area contributed by atoms with Gasteiger partial charge < -0.3 is 10.1 Å². The van der Waals surface area contributed by atoms with Gasteiger partial charge in [-0.15, -0.1) is 5.10 Å². The zero-order chi connectivity index (χ0) is 12.8. The van der Waals surface area contributed by atoms with Gasteiger partial charge in [-0.3, -0.25) is 9.59 Å². The van der Waals surface area contributed by atoms with E-state index in [-0.39, 0.29) is 30.8 Å². The molecule has 0 radical (unpaired) electrons. The molecule has 0 spiro atoms. The summed E-state index contributed by atoms with van der Waals surface area (Å²) in [7, 11) is 1.31. The van der Waals surface area contributed by atoms with Crippen molar-refractivity contribution in [1.82, 2.24) is 14.9 Å². The molecule has 1 aromatic heterocycles. The van der Waals surface area contributed by atoms with E-state index in [0.717, 1.165) is 11.5 Å². The molecule has 0 saturated carbocycles. The number of carbonyl (C=O) groups is 2. The summed E-state index contributed by atoms with van der Waals surface area (Å²) in [6.45, 7) is 4.14. The number of nitrogens with one attached hydrogen (secondary N) is 1. The highest BCUT2D eigenvalue weighted by molar-refractivity contribution is 7.08. The van der Waals surface area contributed by atoms with Gasteiger partial charge in [0.25, 0.3) is 5.91 Å². The van der Waals surface area contributed by atoms with Crippen molar-refractivity contribution < 1.29 is 14.3 Å². The summed E-state index contributed by atoms with van der Waals surface area (Å²) >= 11 is 1.06. The maximum atomic E-state index is 11.8. The molecule has 0 aliphatic carbocycles. The third-order valence-electron chi connectivity index (χ3n) is 2.11. The number of nitrogens with zero attached hydrogens (tertiary/aromatic N) is 2. The minimum absolute atomic E-state index is 0.148. The van der Waals surface area contributed by atoms with Crippen LogP contribution in [-0.4, -0.2) is 35.1 Å². The first kappa shape index (κ1) is 13.6. The van der Waals surface area contributed by atoms with E-state index in [1.54, 1.807) is 0 Å². The molecule has 1 amide bonds. The maximum absolute atomic E-state index is 11.8. The first-order valence-electron chi connectivity index (χ1n) is 5.23. The van der Waals surface area contributed by atoms with E-state index in [2.05, 4.69) is 19.6 Å². The van der Waals surface area contributed by atoms with Crippen LogP contribution in [0.2, 0.25) is 0 Å². The molecule has 1 aromatic rings. The second-order valence-corrected chi connectivity index (χ2v) is 4.48. The lowest BCUT2D eigenvalue weighted by atomic mass is 10.1. The fourth-order valence-electron chi connectivity index (χ4n) is 1.19. The molecule has 0 bridgehead atoms. The Kier molecular flexibility index (Phi) is 5.02. The predicted octanol–water partition coefficient (Wildman–Crippen LogP) is 0.954. The fourth-order valence-corrected chi connectivity index (χ4v) is 1.93. The van der Waals surface area contributed by atoms with Gasteiger partial charge >= 0.3 is 5.97 Å². The monoisotopic (exact) mass is 257 g/mol. The van der Waals surface area contributed by atoms with Gasteiger partial charge in [0.05, 0.1) is 19.2 Å². The molecule has 7 heteroatoms. The molecule has 17 heavy (non-hydrogen) atoms. The average molecular weight is 257 g/mol. The van der Waals surface area contributed by atoms with Crippen molar-refractivity contribution in [2.24, 2.45) is 0 Å². The largest absolute Gasteiger partial charge is 0.469 e. The Balaban J connectivity index is 2.52. The lowest BCUT2D eigenvalue weighted by molar-refractivity contribution is -0.140. The fraction of sp³-hybridized carbons (Fsp3) is 0.600. The standard InChI is InChI=1S/C10H15N3O3S/c1-6(2)8-9(17-13-12-8)10(15)11-5-4-7(14)16-3/h6H,4-5H2,1-3H3,(H,11,15). The molecular weight excluding hydrogens is 242 g/mol. The molecule has 0 saturated heterocycles. The Bertz CT molecular complexity index is 403. The van der Waals surface area contributed by atoms with Gasteiger partial charge in [0.1, 0.15) is 4.88 Å². The normalized spacial score (nSPS) is 10.4. The zero-order valence-corrected chi connectivity index (χ0v) is 10.8. The van der Waals surface area contributed by atoms with Crippen LogP contribution in [0.15, 0.2) is 0 Å². The Hall–Kier alpha value is -1.50. The van der Waals surface area contributed by atoms with E-state index in [4.69, 9.17) is 0 Å². The van der Waals surface area contributed by atoms with E-state index in [1.807, 2.05) is 13.8 Å².